The maximum Gasteiger partial charge on any atom is 0.227 e. The van der Waals surface area contributed by atoms with Crippen molar-refractivity contribution >= 4 is 11.6 Å². The van der Waals surface area contributed by atoms with Crippen LogP contribution in [0.2, 0.25) is 0 Å². The highest BCUT2D eigenvalue weighted by Gasteiger charge is 2.30. The lowest BCUT2D eigenvalue weighted by Gasteiger charge is -2.23. The van der Waals surface area contributed by atoms with Gasteiger partial charge in [0.25, 0.3) is 0 Å². The molecule has 1 saturated carbocycles. The van der Waals surface area contributed by atoms with E-state index in [9.17, 15) is 4.79 Å². The molecule has 98 valence electrons. The molecule has 3 heteroatoms. The van der Waals surface area contributed by atoms with Gasteiger partial charge in [0.2, 0.25) is 5.91 Å². The molecule has 0 aliphatic heterocycles. The van der Waals surface area contributed by atoms with Gasteiger partial charge in [0.1, 0.15) is 5.75 Å². The fourth-order valence-electron chi connectivity index (χ4n) is 1.96. The van der Waals surface area contributed by atoms with E-state index >= 15 is 0 Å². The van der Waals surface area contributed by atoms with Crippen molar-refractivity contribution in [1.82, 2.24) is 0 Å². The van der Waals surface area contributed by atoms with Crippen molar-refractivity contribution in [3.05, 3.63) is 23.8 Å². The maximum atomic E-state index is 11.7. The van der Waals surface area contributed by atoms with Crippen LogP contribution in [0, 0.1) is 5.92 Å². The van der Waals surface area contributed by atoms with E-state index in [0.717, 1.165) is 29.8 Å². The third kappa shape index (κ3) is 2.84. The van der Waals surface area contributed by atoms with Gasteiger partial charge >= 0.3 is 0 Å². The molecule has 1 aromatic rings. The van der Waals surface area contributed by atoms with Crippen LogP contribution < -0.4 is 10.1 Å². The molecule has 18 heavy (non-hydrogen) atoms. The van der Waals surface area contributed by atoms with Crippen LogP contribution in [-0.4, -0.2) is 13.0 Å². The molecule has 3 nitrogen and oxygen atoms in total. The van der Waals surface area contributed by atoms with Crippen LogP contribution >= 0.6 is 0 Å². The maximum absolute atomic E-state index is 11.7. The molecule has 0 unspecified atom stereocenters. The second-order valence-corrected chi connectivity index (χ2v) is 5.93. The minimum absolute atomic E-state index is 0.00827. The average Bonchev–Trinajstić information content (AvgIpc) is 3.11. The number of anilines is 1. The lowest BCUT2D eigenvalue weighted by Crippen LogP contribution is -2.16. The van der Waals surface area contributed by atoms with Crippen LogP contribution in [0.5, 0.6) is 5.75 Å². The summed E-state index contributed by atoms with van der Waals surface area (Å²) in [4.78, 5) is 11.7. The smallest absolute Gasteiger partial charge is 0.227 e. The highest BCUT2D eigenvalue weighted by Crippen LogP contribution is 2.34. The number of hydrogen-bond acceptors (Lipinski definition) is 2. The van der Waals surface area contributed by atoms with Gasteiger partial charge in [-0.15, -0.1) is 0 Å². The number of carbonyl (C=O) groups excluding carboxylic acids is 1. The van der Waals surface area contributed by atoms with E-state index in [0.29, 0.717) is 0 Å². The highest BCUT2D eigenvalue weighted by molar-refractivity contribution is 5.94. The molecule has 2 rings (SSSR count). The summed E-state index contributed by atoms with van der Waals surface area (Å²) in [6.45, 7) is 6.41. The SMILES string of the molecule is COc1ccc(NC(=O)C2CC2)cc1C(C)(C)C. The first kappa shape index (κ1) is 12.9. The van der Waals surface area contributed by atoms with Crippen LogP contribution in [0.4, 0.5) is 5.69 Å². The lowest BCUT2D eigenvalue weighted by molar-refractivity contribution is -0.117. The third-order valence-electron chi connectivity index (χ3n) is 3.22. The van der Waals surface area contributed by atoms with Gasteiger partial charge in [-0.05, 0) is 36.5 Å². The summed E-state index contributed by atoms with van der Waals surface area (Å²) in [7, 11) is 1.67. The first-order valence-corrected chi connectivity index (χ1v) is 6.41. The largest absolute Gasteiger partial charge is 0.496 e. The van der Waals surface area contributed by atoms with E-state index < -0.39 is 0 Å². The topological polar surface area (TPSA) is 38.3 Å². The lowest BCUT2D eigenvalue weighted by atomic mass is 9.86. The summed E-state index contributed by atoms with van der Waals surface area (Å²) in [6.07, 6.45) is 2.04. The molecule has 1 amide bonds. The van der Waals surface area contributed by atoms with Gasteiger partial charge in [0, 0.05) is 17.2 Å². The van der Waals surface area contributed by atoms with Crippen LogP contribution in [-0.2, 0) is 10.2 Å². The molecule has 0 radical (unpaired) electrons. The molecule has 1 aromatic carbocycles. The average molecular weight is 247 g/mol. The van der Waals surface area contributed by atoms with E-state index in [4.69, 9.17) is 4.74 Å². The van der Waals surface area contributed by atoms with Gasteiger partial charge in [-0.25, -0.2) is 0 Å². The van der Waals surface area contributed by atoms with Crippen molar-refractivity contribution in [2.24, 2.45) is 5.92 Å². The molecule has 1 aliphatic carbocycles. The van der Waals surface area contributed by atoms with Gasteiger partial charge in [-0.1, -0.05) is 20.8 Å². The van der Waals surface area contributed by atoms with Crippen LogP contribution in [0.15, 0.2) is 18.2 Å². The van der Waals surface area contributed by atoms with Crippen molar-refractivity contribution in [2.75, 3.05) is 12.4 Å². The normalized spacial score (nSPS) is 15.3. The predicted molar refractivity (Wildman–Crippen MR) is 73.0 cm³/mol. The van der Waals surface area contributed by atoms with Crippen molar-refractivity contribution in [2.45, 2.75) is 39.0 Å². The molecular weight excluding hydrogens is 226 g/mol. The molecule has 1 N–H and O–H groups in total. The molecule has 1 fully saturated rings. The second kappa shape index (κ2) is 4.63. The minimum atomic E-state index is -0.00827. The molecule has 0 saturated heterocycles. The molecule has 0 atom stereocenters. The van der Waals surface area contributed by atoms with E-state index in [2.05, 4.69) is 26.1 Å². The Morgan fingerprint density at radius 2 is 2.00 bits per heavy atom. The fourth-order valence-corrected chi connectivity index (χ4v) is 1.96. The number of carbonyl (C=O) groups is 1. The van der Waals surface area contributed by atoms with Gasteiger partial charge in [0.15, 0.2) is 0 Å². The zero-order valence-corrected chi connectivity index (χ0v) is 11.5. The van der Waals surface area contributed by atoms with E-state index in [1.54, 1.807) is 7.11 Å². The minimum Gasteiger partial charge on any atom is -0.496 e. The first-order valence-electron chi connectivity index (χ1n) is 6.41. The Kier molecular flexibility index (Phi) is 3.33. The summed E-state index contributed by atoms with van der Waals surface area (Å²) in [6, 6.07) is 5.83. The monoisotopic (exact) mass is 247 g/mol. The Hall–Kier alpha value is -1.51. The van der Waals surface area contributed by atoms with Crippen LogP contribution in [0.3, 0.4) is 0 Å². The summed E-state index contributed by atoms with van der Waals surface area (Å²) >= 11 is 0. The van der Waals surface area contributed by atoms with Gasteiger partial charge in [0.05, 0.1) is 7.11 Å². The zero-order valence-electron chi connectivity index (χ0n) is 11.5. The predicted octanol–water partition coefficient (Wildman–Crippen LogP) is 3.34. The third-order valence-corrected chi connectivity index (χ3v) is 3.22. The van der Waals surface area contributed by atoms with Crippen LogP contribution in [0.1, 0.15) is 39.2 Å². The Morgan fingerprint density at radius 3 is 2.50 bits per heavy atom. The summed E-state index contributed by atoms with van der Waals surface area (Å²) < 4.78 is 5.38. The van der Waals surface area contributed by atoms with Crippen molar-refractivity contribution < 1.29 is 9.53 Å². The van der Waals surface area contributed by atoms with Crippen molar-refractivity contribution in [3.63, 3.8) is 0 Å². The Balaban J connectivity index is 2.24. The molecule has 0 bridgehead atoms. The Labute approximate surface area is 109 Å². The van der Waals surface area contributed by atoms with E-state index in [1.807, 2.05) is 18.2 Å². The highest BCUT2D eigenvalue weighted by atomic mass is 16.5. The number of hydrogen-bond donors (Lipinski definition) is 1. The fraction of sp³-hybridized carbons (Fsp3) is 0.533. The quantitative estimate of drug-likeness (QED) is 0.889. The van der Waals surface area contributed by atoms with Gasteiger partial charge in [-0.3, -0.25) is 4.79 Å². The standard InChI is InChI=1S/C15H21NO2/c1-15(2,3)12-9-11(7-8-13(12)18-4)16-14(17)10-5-6-10/h7-10H,5-6H2,1-4H3,(H,16,17). The Morgan fingerprint density at radius 1 is 1.33 bits per heavy atom. The Bertz CT molecular complexity index is 456. The second-order valence-electron chi connectivity index (χ2n) is 5.93. The van der Waals surface area contributed by atoms with Crippen molar-refractivity contribution in [3.8, 4) is 5.75 Å². The molecule has 0 spiro atoms. The van der Waals surface area contributed by atoms with Crippen LogP contribution in [0.25, 0.3) is 0 Å². The molecule has 1 aliphatic rings. The zero-order chi connectivity index (χ0) is 13.3. The number of benzene rings is 1. The number of amides is 1. The first-order chi connectivity index (χ1) is 8.41. The van der Waals surface area contributed by atoms with E-state index in [-0.39, 0.29) is 17.2 Å². The van der Waals surface area contributed by atoms with Gasteiger partial charge in [-0.2, -0.15) is 0 Å². The molecule has 0 heterocycles. The molecule has 0 aromatic heterocycles. The number of nitrogens with one attached hydrogen (secondary N) is 1. The van der Waals surface area contributed by atoms with Crippen molar-refractivity contribution in [1.29, 1.82) is 0 Å². The number of rotatable bonds is 3. The summed E-state index contributed by atoms with van der Waals surface area (Å²) in [5.41, 5.74) is 1.96. The van der Waals surface area contributed by atoms with Gasteiger partial charge < -0.3 is 10.1 Å². The number of ether oxygens (including phenoxy) is 1. The summed E-state index contributed by atoms with van der Waals surface area (Å²) in [5.74, 6) is 1.23. The van der Waals surface area contributed by atoms with E-state index in [1.165, 1.54) is 0 Å². The molecular formula is C15H21NO2. The number of methoxy groups -OCH3 is 1. The summed E-state index contributed by atoms with van der Waals surface area (Å²) in [5, 5.41) is 2.97.